The van der Waals surface area contributed by atoms with E-state index in [2.05, 4.69) is 103 Å². The van der Waals surface area contributed by atoms with Gasteiger partial charge in [0.25, 0.3) is 0 Å². The van der Waals surface area contributed by atoms with Crippen molar-refractivity contribution in [3.8, 4) is 11.1 Å². The lowest BCUT2D eigenvalue weighted by Gasteiger charge is -2.36. The number of aromatic nitrogens is 1. The average Bonchev–Trinajstić information content (AvgIpc) is 2.60. The van der Waals surface area contributed by atoms with E-state index >= 15 is 0 Å². The number of hydrogen-bond acceptors (Lipinski definition) is 2. The van der Waals surface area contributed by atoms with Crippen molar-refractivity contribution in [2.75, 3.05) is 0 Å². The summed E-state index contributed by atoms with van der Waals surface area (Å²) in [5, 5.41) is 1.38. The minimum atomic E-state index is -1.72. The molecule has 142 valence electrons. The van der Waals surface area contributed by atoms with Crippen LogP contribution >= 0.6 is 15.9 Å². The van der Waals surface area contributed by atoms with Gasteiger partial charge in [-0.2, -0.15) is 0 Å². The van der Waals surface area contributed by atoms with Crippen molar-refractivity contribution in [3.05, 3.63) is 64.3 Å². The number of aryl methyl sites for hydroxylation is 1. The molecule has 0 fully saturated rings. The summed E-state index contributed by atoms with van der Waals surface area (Å²) in [6, 6.07) is 17.2. The number of hydrogen-bond donors (Lipinski definition) is 0. The van der Waals surface area contributed by atoms with E-state index in [0.29, 0.717) is 6.61 Å². The van der Waals surface area contributed by atoms with Gasteiger partial charge in [-0.05, 0) is 75.9 Å². The molecule has 0 unspecified atom stereocenters. The summed E-state index contributed by atoms with van der Waals surface area (Å²) in [4.78, 5) is 4.63. The third-order valence-corrected chi connectivity index (χ3v) is 10.7. The lowest BCUT2D eigenvalue weighted by atomic mass is 10.0. The largest absolute Gasteiger partial charge is 0.413 e. The van der Waals surface area contributed by atoms with E-state index in [1.54, 1.807) is 0 Å². The van der Waals surface area contributed by atoms with E-state index in [-0.39, 0.29) is 5.04 Å². The van der Waals surface area contributed by atoms with Crippen LogP contribution in [0.5, 0.6) is 0 Å². The van der Waals surface area contributed by atoms with Crippen molar-refractivity contribution in [1.29, 1.82) is 0 Å². The molecular weight excluding hydrogens is 414 g/mol. The van der Waals surface area contributed by atoms with Gasteiger partial charge in [0.15, 0.2) is 8.32 Å². The molecule has 2 nitrogen and oxygen atoms in total. The molecule has 0 aliphatic heterocycles. The second-order valence-corrected chi connectivity index (χ2v) is 14.4. The van der Waals surface area contributed by atoms with Gasteiger partial charge in [0, 0.05) is 15.6 Å². The third kappa shape index (κ3) is 4.50. The van der Waals surface area contributed by atoms with Crippen LogP contribution in [0.25, 0.3) is 22.0 Å². The van der Waals surface area contributed by atoms with Gasteiger partial charge in [-0.1, -0.05) is 51.1 Å². The van der Waals surface area contributed by atoms with Crippen LogP contribution in [0, 0.1) is 6.92 Å². The van der Waals surface area contributed by atoms with E-state index in [9.17, 15) is 0 Å². The second-order valence-electron chi connectivity index (χ2n) is 8.73. The molecule has 1 heterocycles. The Kier molecular flexibility index (Phi) is 5.62. The molecule has 0 amide bonds. The minimum absolute atomic E-state index is 0.233. The summed E-state index contributed by atoms with van der Waals surface area (Å²) in [7, 11) is -1.72. The topological polar surface area (TPSA) is 22.1 Å². The summed E-state index contributed by atoms with van der Waals surface area (Å²) in [6.45, 7) is 14.1. The maximum atomic E-state index is 6.34. The maximum absolute atomic E-state index is 6.34. The zero-order chi connectivity index (χ0) is 19.8. The zero-order valence-electron chi connectivity index (χ0n) is 17.1. The Balaban J connectivity index is 1.81. The number of pyridine rings is 1. The first kappa shape index (κ1) is 20.2. The molecule has 0 bridgehead atoms. The highest BCUT2D eigenvalue weighted by atomic mass is 79.9. The Morgan fingerprint density at radius 1 is 0.963 bits per heavy atom. The van der Waals surface area contributed by atoms with Crippen molar-refractivity contribution < 1.29 is 4.43 Å². The second kappa shape index (κ2) is 7.49. The van der Waals surface area contributed by atoms with Gasteiger partial charge in [0.2, 0.25) is 0 Å². The average molecular weight is 442 g/mol. The summed E-state index contributed by atoms with van der Waals surface area (Å²) in [5.41, 5.74) is 5.66. The molecule has 0 saturated carbocycles. The summed E-state index contributed by atoms with van der Waals surface area (Å²) < 4.78 is 7.37. The van der Waals surface area contributed by atoms with Gasteiger partial charge < -0.3 is 4.43 Å². The van der Waals surface area contributed by atoms with Crippen LogP contribution in [0.4, 0.5) is 0 Å². The molecule has 0 N–H and O–H groups in total. The van der Waals surface area contributed by atoms with E-state index in [1.807, 2.05) is 6.92 Å². The number of rotatable bonds is 4. The first-order chi connectivity index (χ1) is 12.6. The van der Waals surface area contributed by atoms with Crippen LogP contribution in [0.2, 0.25) is 18.1 Å². The Morgan fingerprint density at radius 3 is 2.26 bits per heavy atom. The first-order valence-electron chi connectivity index (χ1n) is 9.37. The van der Waals surface area contributed by atoms with Gasteiger partial charge in [0.05, 0.1) is 12.1 Å². The van der Waals surface area contributed by atoms with Crippen LogP contribution in [0.3, 0.4) is 0 Å². The summed E-state index contributed by atoms with van der Waals surface area (Å²) in [5.74, 6) is 0. The van der Waals surface area contributed by atoms with Crippen molar-refractivity contribution in [3.63, 3.8) is 0 Å². The molecule has 0 spiro atoms. The highest BCUT2D eigenvalue weighted by molar-refractivity contribution is 9.10. The third-order valence-electron chi connectivity index (χ3n) is 5.58. The molecule has 0 aliphatic rings. The molecule has 4 heteroatoms. The van der Waals surface area contributed by atoms with Crippen LogP contribution in [-0.4, -0.2) is 13.3 Å². The molecule has 0 aliphatic carbocycles. The standard InChI is InChI=1S/C23H28BrNOSi/c1-16-7-10-19-13-20(14-21(24)22(19)25-16)18-11-8-17(9-12-18)15-26-27(5,6)23(2,3)4/h7-14H,15H2,1-6H3. The predicted molar refractivity (Wildman–Crippen MR) is 122 cm³/mol. The fraction of sp³-hybridized carbons (Fsp3) is 0.348. The molecule has 27 heavy (non-hydrogen) atoms. The molecular formula is C23H28BrNOSi. The van der Waals surface area contributed by atoms with E-state index in [1.165, 1.54) is 16.7 Å². The molecule has 0 saturated heterocycles. The smallest absolute Gasteiger partial charge is 0.192 e. The molecule has 0 radical (unpaired) electrons. The predicted octanol–water partition coefficient (Wildman–Crippen LogP) is 7.49. The highest BCUT2D eigenvalue weighted by Crippen LogP contribution is 2.37. The molecule has 3 rings (SSSR count). The Bertz CT molecular complexity index is 959. The fourth-order valence-corrected chi connectivity index (χ4v) is 4.25. The van der Waals surface area contributed by atoms with E-state index in [0.717, 1.165) is 21.1 Å². The van der Waals surface area contributed by atoms with Gasteiger partial charge in [-0.25, -0.2) is 0 Å². The molecule has 3 aromatic rings. The SMILES string of the molecule is Cc1ccc2cc(-c3ccc(CO[Si](C)(C)C(C)(C)C)cc3)cc(Br)c2n1. The van der Waals surface area contributed by atoms with E-state index in [4.69, 9.17) is 4.43 Å². The highest BCUT2D eigenvalue weighted by Gasteiger charge is 2.36. The van der Waals surface area contributed by atoms with Crippen LogP contribution in [0.1, 0.15) is 32.0 Å². The minimum Gasteiger partial charge on any atom is -0.413 e. The quantitative estimate of drug-likeness (QED) is 0.391. The van der Waals surface area contributed by atoms with Gasteiger partial charge >= 0.3 is 0 Å². The molecule has 0 atom stereocenters. The Labute approximate surface area is 172 Å². The number of nitrogens with zero attached hydrogens (tertiary/aromatic N) is 1. The van der Waals surface area contributed by atoms with Crippen molar-refractivity contribution in [1.82, 2.24) is 4.98 Å². The summed E-state index contributed by atoms with van der Waals surface area (Å²) >= 11 is 3.68. The summed E-state index contributed by atoms with van der Waals surface area (Å²) in [6.07, 6.45) is 0. The van der Waals surface area contributed by atoms with Crippen LogP contribution in [-0.2, 0) is 11.0 Å². The van der Waals surface area contributed by atoms with Gasteiger partial charge in [-0.15, -0.1) is 0 Å². The van der Waals surface area contributed by atoms with Crippen molar-refractivity contribution >= 4 is 35.2 Å². The lowest BCUT2D eigenvalue weighted by molar-refractivity contribution is 0.276. The maximum Gasteiger partial charge on any atom is 0.192 e. The van der Waals surface area contributed by atoms with Crippen LogP contribution < -0.4 is 0 Å². The molecule has 1 aromatic heterocycles. The normalized spacial score (nSPS) is 12.6. The van der Waals surface area contributed by atoms with E-state index < -0.39 is 8.32 Å². The Morgan fingerprint density at radius 2 is 1.63 bits per heavy atom. The van der Waals surface area contributed by atoms with Gasteiger partial charge in [-0.3, -0.25) is 4.98 Å². The van der Waals surface area contributed by atoms with Crippen LogP contribution in [0.15, 0.2) is 53.0 Å². The van der Waals surface area contributed by atoms with Crippen molar-refractivity contribution in [2.45, 2.75) is 52.4 Å². The lowest BCUT2D eigenvalue weighted by Crippen LogP contribution is -2.40. The first-order valence-corrected chi connectivity index (χ1v) is 13.1. The fourth-order valence-electron chi connectivity index (χ4n) is 2.73. The van der Waals surface area contributed by atoms with Gasteiger partial charge in [0.1, 0.15) is 0 Å². The number of fused-ring (bicyclic) bond motifs is 1. The molecule has 2 aromatic carbocycles. The zero-order valence-corrected chi connectivity index (χ0v) is 19.6. The Hall–Kier alpha value is -1.49. The van der Waals surface area contributed by atoms with Crippen molar-refractivity contribution in [2.24, 2.45) is 0 Å². The number of benzene rings is 2. The number of halogens is 1. The monoisotopic (exact) mass is 441 g/mol.